The van der Waals surface area contributed by atoms with Crippen molar-refractivity contribution in [3.8, 4) is 22.6 Å². The van der Waals surface area contributed by atoms with Crippen LogP contribution in [0.25, 0.3) is 33.7 Å². The predicted octanol–water partition coefficient (Wildman–Crippen LogP) is 4.95. The SMILES string of the molecule is O=C(Nc1ccc2nc(-c3c4cccccc-4[nH]c3=O)[nH]c2c1)Nc1c(F)cccc1F. The van der Waals surface area contributed by atoms with Crippen molar-refractivity contribution in [1.29, 1.82) is 0 Å². The molecule has 0 saturated heterocycles. The van der Waals surface area contributed by atoms with Gasteiger partial charge in [0, 0.05) is 16.9 Å². The minimum absolute atomic E-state index is 0.269. The van der Waals surface area contributed by atoms with Gasteiger partial charge in [0.05, 0.1) is 16.6 Å². The zero-order chi connectivity index (χ0) is 22.2. The number of anilines is 2. The van der Waals surface area contributed by atoms with E-state index in [0.29, 0.717) is 33.8 Å². The van der Waals surface area contributed by atoms with Crippen molar-refractivity contribution < 1.29 is 13.6 Å². The van der Waals surface area contributed by atoms with Gasteiger partial charge in [-0.25, -0.2) is 18.6 Å². The summed E-state index contributed by atoms with van der Waals surface area (Å²) in [7, 11) is 0. The molecule has 0 atom stereocenters. The van der Waals surface area contributed by atoms with Gasteiger partial charge in [0.25, 0.3) is 5.56 Å². The lowest BCUT2D eigenvalue weighted by Gasteiger charge is -2.09. The molecule has 1 aliphatic carbocycles. The van der Waals surface area contributed by atoms with Gasteiger partial charge >= 0.3 is 6.03 Å². The maximum Gasteiger partial charge on any atom is 0.323 e. The van der Waals surface area contributed by atoms with Crippen LogP contribution in [0.1, 0.15) is 0 Å². The maximum absolute atomic E-state index is 13.7. The quantitative estimate of drug-likeness (QED) is 0.325. The third kappa shape index (κ3) is 3.45. The summed E-state index contributed by atoms with van der Waals surface area (Å²) in [5, 5.41) is 4.69. The molecule has 158 valence electrons. The third-order valence-electron chi connectivity index (χ3n) is 4.96. The molecule has 2 heterocycles. The summed E-state index contributed by atoms with van der Waals surface area (Å²) >= 11 is 0. The number of benzene rings is 2. The molecular formula is C23H15F2N5O2. The second kappa shape index (κ2) is 7.62. The number of imidazole rings is 1. The Morgan fingerprint density at radius 3 is 2.47 bits per heavy atom. The van der Waals surface area contributed by atoms with Crippen LogP contribution < -0.4 is 16.2 Å². The standard InChI is InChI=1S/C23H15F2N5O2/c24-14-6-4-7-15(25)20(14)30-23(32)26-12-9-10-17-18(11-12)28-21(27-17)19-13-5-2-1-3-8-16(13)29-22(19)31/h1-11H,(H,27,28)(H,29,31)(H2,26,30,32). The molecule has 32 heavy (non-hydrogen) atoms. The molecule has 2 amide bonds. The summed E-state index contributed by atoms with van der Waals surface area (Å²) < 4.78 is 27.5. The minimum atomic E-state index is -0.880. The number of hydrogen-bond donors (Lipinski definition) is 4. The number of amides is 2. The summed E-state index contributed by atoms with van der Waals surface area (Å²) in [6.45, 7) is 0. The Morgan fingerprint density at radius 1 is 0.875 bits per heavy atom. The van der Waals surface area contributed by atoms with Crippen molar-refractivity contribution in [2.45, 2.75) is 0 Å². The van der Waals surface area contributed by atoms with Crippen LogP contribution in [-0.2, 0) is 0 Å². The van der Waals surface area contributed by atoms with Gasteiger partial charge < -0.3 is 20.6 Å². The number of urea groups is 1. The highest BCUT2D eigenvalue weighted by Gasteiger charge is 2.19. The summed E-state index contributed by atoms with van der Waals surface area (Å²) in [5.74, 6) is -1.37. The molecular weight excluding hydrogens is 416 g/mol. The van der Waals surface area contributed by atoms with E-state index >= 15 is 0 Å². The lowest BCUT2D eigenvalue weighted by atomic mass is 10.1. The van der Waals surface area contributed by atoms with Gasteiger partial charge in [-0.3, -0.25) is 4.79 Å². The molecule has 1 aliphatic heterocycles. The largest absolute Gasteiger partial charge is 0.338 e. The molecule has 2 aliphatic rings. The minimum Gasteiger partial charge on any atom is -0.338 e. The number of nitrogens with one attached hydrogen (secondary N) is 4. The molecule has 0 bridgehead atoms. The molecule has 0 unspecified atom stereocenters. The van der Waals surface area contributed by atoms with Crippen LogP contribution in [0, 0.1) is 11.6 Å². The number of H-pyrrole nitrogens is 2. The molecule has 7 nitrogen and oxygen atoms in total. The van der Waals surface area contributed by atoms with Gasteiger partial charge in [0.2, 0.25) is 0 Å². The maximum atomic E-state index is 13.7. The lowest BCUT2D eigenvalue weighted by molar-refractivity contribution is 0.262. The molecule has 2 aromatic carbocycles. The molecule has 1 aromatic heterocycles. The Balaban J connectivity index is 1.44. The number of carbonyl (C=O) groups excluding carboxylic acids is 1. The Kier molecular flexibility index (Phi) is 4.63. The van der Waals surface area contributed by atoms with Crippen molar-refractivity contribution in [1.82, 2.24) is 15.0 Å². The smallest absolute Gasteiger partial charge is 0.323 e. The molecule has 9 heteroatoms. The highest BCUT2D eigenvalue weighted by Crippen LogP contribution is 2.29. The van der Waals surface area contributed by atoms with E-state index < -0.39 is 23.4 Å². The molecule has 5 rings (SSSR count). The van der Waals surface area contributed by atoms with Gasteiger partial charge in [0.15, 0.2) is 0 Å². The fraction of sp³-hybridized carbons (Fsp3) is 0. The molecule has 0 spiro atoms. The van der Waals surface area contributed by atoms with Gasteiger partial charge in [-0.1, -0.05) is 30.3 Å². The summed E-state index contributed by atoms with van der Waals surface area (Å²) in [6.07, 6.45) is 0. The molecule has 3 aromatic rings. The summed E-state index contributed by atoms with van der Waals surface area (Å²) in [4.78, 5) is 35.1. The number of fused-ring (bicyclic) bond motifs is 2. The van der Waals surface area contributed by atoms with Gasteiger partial charge in [0.1, 0.15) is 23.1 Å². The van der Waals surface area contributed by atoms with Gasteiger partial charge in [-0.2, -0.15) is 0 Å². The average Bonchev–Trinajstić information content (AvgIpc) is 3.22. The second-order valence-corrected chi connectivity index (χ2v) is 7.06. The van der Waals surface area contributed by atoms with Gasteiger partial charge in [-0.15, -0.1) is 0 Å². The van der Waals surface area contributed by atoms with Crippen LogP contribution in [0.2, 0.25) is 0 Å². The van der Waals surface area contributed by atoms with E-state index in [1.165, 1.54) is 6.07 Å². The highest BCUT2D eigenvalue weighted by molar-refractivity contribution is 6.01. The normalized spacial score (nSPS) is 11.1. The monoisotopic (exact) mass is 431 g/mol. The summed E-state index contributed by atoms with van der Waals surface area (Å²) in [6, 6.07) is 16.5. The van der Waals surface area contributed by atoms with Crippen molar-refractivity contribution >= 4 is 28.4 Å². The molecule has 0 saturated carbocycles. The van der Waals surface area contributed by atoms with E-state index in [-0.39, 0.29) is 5.56 Å². The first-order valence-electron chi connectivity index (χ1n) is 9.63. The van der Waals surface area contributed by atoms with E-state index in [0.717, 1.165) is 17.7 Å². The zero-order valence-corrected chi connectivity index (χ0v) is 16.4. The Bertz CT molecular complexity index is 1490. The first kappa shape index (κ1) is 19.4. The van der Waals surface area contributed by atoms with E-state index in [1.807, 2.05) is 30.3 Å². The second-order valence-electron chi connectivity index (χ2n) is 7.06. The molecule has 0 radical (unpaired) electrons. The Morgan fingerprint density at radius 2 is 1.66 bits per heavy atom. The van der Waals surface area contributed by atoms with Crippen molar-refractivity contribution in [2.75, 3.05) is 10.6 Å². The van der Waals surface area contributed by atoms with Crippen LogP contribution in [-0.4, -0.2) is 21.0 Å². The van der Waals surface area contributed by atoms with E-state index in [4.69, 9.17) is 0 Å². The van der Waals surface area contributed by atoms with E-state index in [2.05, 4.69) is 25.6 Å². The number of aromatic nitrogens is 3. The van der Waals surface area contributed by atoms with Crippen molar-refractivity contribution in [2.24, 2.45) is 0 Å². The summed E-state index contributed by atoms with van der Waals surface area (Å²) in [5.41, 5.74) is 2.55. The lowest BCUT2D eigenvalue weighted by Crippen LogP contribution is -2.20. The molecule has 0 fully saturated rings. The number of halogens is 2. The number of aromatic amines is 2. The predicted molar refractivity (Wildman–Crippen MR) is 118 cm³/mol. The van der Waals surface area contributed by atoms with Crippen LogP contribution in [0.4, 0.5) is 25.0 Å². The average molecular weight is 431 g/mol. The number of rotatable bonds is 3. The topological polar surface area (TPSA) is 103 Å². The van der Waals surface area contributed by atoms with Crippen LogP contribution in [0.5, 0.6) is 0 Å². The first-order valence-corrected chi connectivity index (χ1v) is 9.63. The fourth-order valence-electron chi connectivity index (χ4n) is 3.52. The van der Waals surface area contributed by atoms with Gasteiger partial charge in [-0.05, 0) is 36.4 Å². The first-order chi connectivity index (χ1) is 15.5. The number of para-hydroxylation sites is 1. The van der Waals surface area contributed by atoms with Crippen LogP contribution in [0.3, 0.4) is 0 Å². The van der Waals surface area contributed by atoms with Crippen LogP contribution in [0.15, 0.2) is 71.5 Å². The van der Waals surface area contributed by atoms with Crippen LogP contribution >= 0.6 is 0 Å². The third-order valence-corrected chi connectivity index (χ3v) is 4.96. The van der Waals surface area contributed by atoms with E-state index in [1.54, 1.807) is 18.2 Å². The van der Waals surface area contributed by atoms with Crippen molar-refractivity contribution in [3.05, 3.63) is 88.7 Å². The van der Waals surface area contributed by atoms with E-state index in [9.17, 15) is 18.4 Å². The Labute approximate surface area is 179 Å². The number of nitrogens with zero attached hydrogens (tertiary/aromatic N) is 1. The fourth-order valence-corrected chi connectivity index (χ4v) is 3.52. The Hall–Kier alpha value is -4.53. The zero-order valence-electron chi connectivity index (χ0n) is 16.4. The number of carbonyl (C=O) groups is 1. The van der Waals surface area contributed by atoms with Crippen molar-refractivity contribution in [3.63, 3.8) is 0 Å². The molecule has 4 N–H and O–H groups in total. The number of hydrogen-bond acceptors (Lipinski definition) is 3. The highest BCUT2D eigenvalue weighted by atomic mass is 19.1.